The summed E-state index contributed by atoms with van der Waals surface area (Å²) in [4.78, 5) is 0.262. The van der Waals surface area contributed by atoms with Crippen LogP contribution in [-0.2, 0) is 10.0 Å². The van der Waals surface area contributed by atoms with E-state index >= 15 is 0 Å². The molecule has 1 heterocycles. The second-order valence-corrected chi connectivity index (χ2v) is 8.25. The number of hydrogen-bond donors (Lipinski definition) is 0. The molecular formula is C19H22FNO4S. The Kier molecular flexibility index (Phi) is 5.78. The first-order valence-corrected chi connectivity index (χ1v) is 9.95. The highest BCUT2D eigenvalue weighted by molar-refractivity contribution is 7.89. The minimum Gasteiger partial charge on any atom is -0.497 e. The Bertz CT molecular complexity index is 822. The van der Waals surface area contributed by atoms with Crippen LogP contribution >= 0.6 is 0 Å². The summed E-state index contributed by atoms with van der Waals surface area (Å²) in [6.45, 7) is 1.32. The molecule has 0 bridgehead atoms. The number of benzene rings is 2. The molecule has 1 atom stereocenters. The number of halogens is 1. The number of sulfonamides is 1. The molecule has 0 N–H and O–H groups in total. The molecule has 0 radical (unpaired) electrons. The lowest BCUT2D eigenvalue weighted by molar-refractivity contribution is 0.180. The molecule has 0 saturated carbocycles. The molecular weight excluding hydrogens is 357 g/mol. The van der Waals surface area contributed by atoms with Crippen LogP contribution in [0.25, 0.3) is 0 Å². The summed E-state index contributed by atoms with van der Waals surface area (Å²) < 4.78 is 50.9. The fourth-order valence-corrected chi connectivity index (χ4v) is 4.58. The van der Waals surface area contributed by atoms with Crippen LogP contribution < -0.4 is 9.47 Å². The highest BCUT2D eigenvalue weighted by Crippen LogP contribution is 2.25. The van der Waals surface area contributed by atoms with Crippen LogP contribution in [0.4, 0.5) is 4.39 Å². The third-order valence-electron chi connectivity index (χ3n) is 4.48. The van der Waals surface area contributed by atoms with Gasteiger partial charge in [0.25, 0.3) is 0 Å². The minimum absolute atomic E-state index is 0.0989. The first-order chi connectivity index (χ1) is 12.5. The Balaban J connectivity index is 1.63. The van der Waals surface area contributed by atoms with Crippen molar-refractivity contribution in [3.8, 4) is 11.5 Å². The molecule has 26 heavy (non-hydrogen) atoms. The van der Waals surface area contributed by atoms with E-state index in [9.17, 15) is 12.8 Å². The van der Waals surface area contributed by atoms with Gasteiger partial charge < -0.3 is 9.47 Å². The normalized spacial score (nSPS) is 18.5. The van der Waals surface area contributed by atoms with Crippen molar-refractivity contribution in [3.63, 3.8) is 0 Å². The standard InChI is InChI=1S/C19H22FNO4S/c1-24-17-8-10-19(11-9-17)26(22,23)21-12-2-3-15(13-21)14-25-18-6-4-16(20)5-7-18/h4-11,15H,2-3,12-14H2,1H3. The van der Waals surface area contributed by atoms with Crippen LogP contribution in [0, 0.1) is 11.7 Å². The van der Waals surface area contributed by atoms with Crippen LogP contribution in [-0.4, -0.2) is 39.5 Å². The van der Waals surface area contributed by atoms with Crippen LogP contribution in [0.2, 0.25) is 0 Å². The molecule has 5 nitrogen and oxygen atoms in total. The molecule has 2 aromatic carbocycles. The summed E-state index contributed by atoms with van der Waals surface area (Å²) in [6, 6.07) is 12.2. The second kappa shape index (κ2) is 8.05. The van der Waals surface area contributed by atoms with Crippen LogP contribution in [0.5, 0.6) is 11.5 Å². The van der Waals surface area contributed by atoms with Crippen molar-refractivity contribution in [3.05, 3.63) is 54.3 Å². The molecule has 2 aromatic rings. The summed E-state index contributed by atoms with van der Waals surface area (Å²) in [7, 11) is -1.99. The van der Waals surface area contributed by atoms with Gasteiger partial charge in [-0.3, -0.25) is 0 Å². The third kappa shape index (κ3) is 4.34. The minimum atomic E-state index is -3.54. The average molecular weight is 379 g/mol. The lowest BCUT2D eigenvalue weighted by atomic mass is 10.0. The number of nitrogens with zero attached hydrogens (tertiary/aromatic N) is 1. The smallest absolute Gasteiger partial charge is 0.243 e. The van der Waals surface area contributed by atoms with Crippen molar-refractivity contribution in [2.75, 3.05) is 26.8 Å². The lowest BCUT2D eigenvalue weighted by Gasteiger charge is -2.31. The number of piperidine rings is 1. The van der Waals surface area contributed by atoms with Gasteiger partial charge in [0.05, 0.1) is 18.6 Å². The Morgan fingerprint density at radius 2 is 1.73 bits per heavy atom. The lowest BCUT2D eigenvalue weighted by Crippen LogP contribution is -2.41. The summed E-state index contributed by atoms with van der Waals surface area (Å²) in [5.74, 6) is 0.989. The molecule has 1 aliphatic rings. The summed E-state index contributed by atoms with van der Waals surface area (Å²) in [6.07, 6.45) is 1.68. The van der Waals surface area contributed by atoms with Gasteiger partial charge >= 0.3 is 0 Å². The fourth-order valence-electron chi connectivity index (χ4n) is 3.02. The predicted octanol–water partition coefficient (Wildman–Crippen LogP) is 3.31. The summed E-state index contributed by atoms with van der Waals surface area (Å²) in [5.41, 5.74) is 0. The maximum Gasteiger partial charge on any atom is 0.243 e. The van der Waals surface area contributed by atoms with Gasteiger partial charge in [-0.05, 0) is 61.4 Å². The molecule has 3 rings (SSSR count). The van der Waals surface area contributed by atoms with E-state index in [1.807, 2.05) is 0 Å². The molecule has 1 fully saturated rings. The Morgan fingerprint density at radius 1 is 1.08 bits per heavy atom. The van der Waals surface area contributed by atoms with Gasteiger partial charge in [0, 0.05) is 19.0 Å². The van der Waals surface area contributed by atoms with E-state index < -0.39 is 10.0 Å². The monoisotopic (exact) mass is 379 g/mol. The highest BCUT2D eigenvalue weighted by Gasteiger charge is 2.30. The topological polar surface area (TPSA) is 55.8 Å². The van der Waals surface area contributed by atoms with Gasteiger partial charge in [-0.1, -0.05) is 0 Å². The van der Waals surface area contributed by atoms with Crippen molar-refractivity contribution in [2.24, 2.45) is 5.92 Å². The quantitative estimate of drug-likeness (QED) is 0.773. The molecule has 0 spiro atoms. The molecule has 140 valence electrons. The molecule has 0 aromatic heterocycles. The highest BCUT2D eigenvalue weighted by atomic mass is 32.2. The molecule has 0 aliphatic carbocycles. The first kappa shape index (κ1) is 18.7. The average Bonchev–Trinajstić information content (AvgIpc) is 2.68. The number of hydrogen-bond acceptors (Lipinski definition) is 4. The predicted molar refractivity (Wildman–Crippen MR) is 96.4 cm³/mol. The Labute approximate surface area is 153 Å². The summed E-state index contributed by atoms with van der Waals surface area (Å²) >= 11 is 0. The molecule has 1 unspecified atom stereocenters. The van der Waals surface area contributed by atoms with E-state index in [1.54, 1.807) is 43.5 Å². The molecule has 0 amide bonds. The zero-order valence-electron chi connectivity index (χ0n) is 14.6. The van der Waals surface area contributed by atoms with Crippen molar-refractivity contribution >= 4 is 10.0 Å². The van der Waals surface area contributed by atoms with E-state index in [2.05, 4.69) is 0 Å². The van der Waals surface area contributed by atoms with Gasteiger partial charge in [-0.15, -0.1) is 0 Å². The zero-order valence-corrected chi connectivity index (χ0v) is 15.4. The Hall–Kier alpha value is -2.12. The van der Waals surface area contributed by atoms with Gasteiger partial charge in [0.1, 0.15) is 17.3 Å². The van der Waals surface area contributed by atoms with E-state index in [0.29, 0.717) is 31.2 Å². The van der Waals surface area contributed by atoms with Crippen molar-refractivity contribution < 1.29 is 22.3 Å². The van der Waals surface area contributed by atoms with Crippen LogP contribution in [0.3, 0.4) is 0 Å². The maximum absolute atomic E-state index is 12.9. The molecule has 7 heteroatoms. The second-order valence-electron chi connectivity index (χ2n) is 6.31. The molecule has 1 aliphatic heterocycles. The largest absolute Gasteiger partial charge is 0.497 e. The fraction of sp³-hybridized carbons (Fsp3) is 0.368. The van der Waals surface area contributed by atoms with Gasteiger partial charge in [0.2, 0.25) is 10.0 Å². The Morgan fingerprint density at radius 3 is 2.38 bits per heavy atom. The van der Waals surface area contributed by atoms with E-state index in [-0.39, 0.29) is 16.6 Å². The molecule has 1 saturated heterocycles. The van der Waals surface area contributed by atoms with Gasteiger partial charge in [-0.25, -0.2) is 12.8 Å². The SMILES string of the molecule is COc1ccc(S(=O)(=O)N2CCCC(COc3ccc(F)cc3)C2)cc1. The maximum atomic E-state index is 12.9. The summed E-state index contributed by atoms with van der Waals surface area (Å²) in [5, 5.41) is 0. The third-order valence-corrected chi connectivity index (χ3v) is 6.36. The van der Waals surface area contributed by atoms with Gasteiger partial charge in [-0.2, -0.15) is 4.31 Å². The van der Waals surface area contributed by atoms with E-state index in [0.717, 1.165) is 12.8 Å². The van der Waals surface area contributed by atoms with Crippen molar-refractivity contribution in [1.82, 2.24) is 4.31 Å². The van der Waals surface area contributed by atoms with Crippen molar-refractivity contribution in [1.29, 1.82) is 0 Å². The van der Waals surface area contributed by atoms with E-state index in [4.69, 9.17) is 9.47 Å². The van der Waals surface area contributed by atoms with Gasteiger partial charge in [0.15, 0.2) is 0 Å². The van der Waals surface area contributed by atoms with E-state index in [1.165, 1.54) is 16.4 Å². The van der Waals surface area contributed by atoms with Crippen LogP contribution in [0.15, 0.2) is 53.4 Å². The first-order valence-electron chi connectivity index (χ1n) is 8.51. The van der Waals surface area contributed by atoms with Crippen molar-refractivity contribution in [2.45, 2.75) is 17.7 Å². The zero-order chi connectivity index (χ0) is 18.6. The number of methoxy groups -OCH3 is 1. The number of ether oxygens (including phenoxy) is 2. The number of rotatable bonds is 6. The van der Waals surface area contributed by atoms with Crippen LogP contribution in [0.1, 0.15) is 12.8 Å².